The summed E-state index contributed by atoms with van der Waals surface area (Å²) in [5, 5.41) is 2.87. The van der Waals surface area contributed by atoms with Gasteiger partial charge in [-0.2, -0.15) is 0 Å². The highest BCUT2D eigenvalue weighted by atomic mass is 32.2. The van der Waals surface area contributed by atoms with Crippen molar-refractivity contribution in [3.63, 3.8) is 0 Å². The molecule has 7 heteroatoms. The predicted molar refractivity (Wildman–Crippen MR) is 107 cm³/mol. The lowest BCUT2D eigenvalue weighted by Gasteiger charge is -2.09. The third-order valence-corrected chi connectivity index (χ3v) is 6.13. The minimum atomic E-state index is -3.45. The molecule has 1 aromatic heterocycles. The van der Waals surface area contributed by atoms with Crippen molar-refractivity contribution in [2.75, 3.05) is 0 Å². The summed E-state index contributed by atoms with van der Waals surface area (Å²) < 4.78 is 29.0. The second kappa shape index (κ2) is 7.61. The standard InChI is InChI=1S/C21H21N3O3S/c25-21(17-4-3-5-19(14-17)24-12-1-2-13-24)22-15-16-6-10-20(11-7-16)28(26,27)23-18-8-9-18/h1-7,10-14,18,23H,8-9,15H2,(H,22,25). The molecule has 144 valence electrons. The normalized spacial score (nSPS) is 14.0. The molecular formula is C21H21N3O3S. The maximum Gasteiger partial charge on any atom is 0.251 e. The third kappa shape index (κ3) is 4.32. The number of carbonyl (C=O) groups is 1. The fourth-order valence-electron chi connectivity index (χ4n) is 2.87. The van der Waals surface area contributed by atoms with E-state index < -0.39 is 10.0 Å². The number of carbonyl (C=O) groups excluding carboxylic acids is 1. The van der Waals surface area contributed by atoms with E-state index in [9.17, 15) is 13.2 Å². The van der Waals surface area contributed by atoms with Crippen LogP contribution in [0.15, 0.2) is 78.0 Å². The molecular weight excluding hydrogens is 374 g/mol. The van der Waals surface area contributed by atoms with E-state index >= 15 is 0 Å². The number of aromatic nitrogens is 1. The average Bonchev–Trinajstić information content (AvgIpc) is 3.33. The van der Waals surface area contributed by atoms with Crippen LogP contribution in [-0.4, -0.2) is 24.9 Å². The van der Waals surface area contributed by atoms with E-state index in [4.69, 9.17) is 0 Å². The predicted octanol–water partition coefficient (Wildman–Crippen LogP) is 2.85. The van der Waals surface area contributed by atoms with E-state index in [1.165, 1.54) is 0 Å². The zero-order valence-electron chi connectivity index (χ0n) is 15.2. The van der Waals surface area contributed by atoms with Crippen LogP contribution in [0.5, 0.6) is 0 Å². The van der Waals surface area contributed by atoms with Gasteiger partial charge in [0.1, 0.15) is 0 Å². The van der Waals surface area contributed by atoms with Gasteiger partial charge in [0, 0.05) is 36.2 Å². The van der Waals surface area contributed by atoms with Crippen molar-refractivity contribution in [1.29, 1.82) is 0 Å². The Morgan fingerprint density at radius 1 is 1.00 bits per heavy atom. The second-order valence-corrected chi connectivity index (χ2v) is 8.58. The second-order valence-electron chi connectivity index (χ2n) is 6.86. The molecule has 1 fully saturated rings. The van der Waals surface area contributed by atoms with Crippen LogP contribution in [0.1, 0.15) is 28.8 Å². The summed E-state index contributed by atoms with van der Waals surface area (Å²) in [5.74, 6) is -0.180. The van der Waals surface area contributed by atoms with Crippen LogP contribution in [-0.2, 0) is 16.6 Å². The first-order chi connectivity index (χ1) is 13.5. The highest BCUT2D eigenvalue weighted by molar-refractivity contribution is 7.89. The number of sulfonamides is 1. The molecule has 0 saturated heterocycles. The van der Waals surface area contributed by atoms with Gasteiger partial charge in [0.05, 0.1) is 4.90 Å². The Morgan fingerprint density at radius 3 is 2.39 bits per heavy atom. The minimum absolute atomic E-state index is 0.0752. The average molecular weight is 395 g/mol. The number of nitrogens with zero attached hydrogens (tertiary/aromatic N) is 1. The lowest BCUT2D eigenvalue weighted by molar-refractivity contribution is 0.0951. The van der Waals surface area contributed by atoms with Gasteiger partial charge in [-0.05, 0) is 60.9 Å². The Kier molecular flexibility index (Phi) is 5.02. The van der Waals surface area contributed by atoms with Crippen molar-refractivity contribution in [2.45, 2.75) is 30.3 Å². The molecule has 0 bridgehead atoms. The molecule has 4 rings (SSSR count). The van der Waals surface area contributed by atoms with E-state index in [0.717, 1.165) is 24.1 Å². The number of amides is 1. The fourth-order valence-corrected chi connectivity index (χ4v) is 4.18. The van der Waals surface area contributed by atoms with Gasteiger partial charge in [-0.1, -0.05) is 18.2 Å². The largest absolute Gasteiger partial charge is 0.348 e. The van der Waals surface area contributed by atoms with Crippen LogP contribution in [0.2, 0.25) is 0 Å². The van der Waals surface area contributed by atoms with E-state index in [1.807, 2.05) is 47.3 Å². The van der Waals surface area contributed by atoms with Crippen LogP contribution in [0.3, 0.4) is 0 Å². The lowest BCUT2D eigenvalue weighted by Crippen LogP contribution is -2.26. The van der Waals surface area contributed by atoms with Crippen molar-refractivity contribution < 1.29 is 13.2 Å². The number of benzene rings is 2. The lowest BCUT2D eigenvalue weighted by atomic mass is 10.1. The Labute approximate surface area is 164 Å². The van der Waals surface area contributed by atoms with Crippen LogP contribution >= 0.6 is 0 Å². The number of nitrogens with one attached hydrogen (secondary N) is 2. The van der Waals surface area contributed by atoms with Crippen molar-refractivity contribution in [2.24, 2.45) is 0 Å². The number of hydrogen-bond acceptors (Lipinski definition) is 3. The molecule has 2 aromatic carbocycles. The van der Waals surface area contributed by atoms with E-state index in [1.54, 1.807) is 30.3 Å². The number of rotatable bonds is 7. The Hall–Kier alpha value is -2.90. The summed E-state index contributed by atoms with van der Waals surface area (Å²) in [5.41, 5.74) is 2.31. The fraction of sp³-hybridized carbons (Fsp3) is 0.190. The number of hydrogen-bond donors (Lipinski definition) is 2. The van der Waals surface area contributed by atoms with Gasteiger partial charge < -0.3 is 9.88 Å². The Morgan fingerprint density at radius 2 is 1.71 bits per heavy atom. The van der Waals surface area contributed by atoms with Gasteiger partial charge in [0.2, 0.25) is 10.0 Å². The maximum absolute atomic E-state index is 12.5. The van der Waals surface area contributed by atoms with E-state index in [-0.39, 0.29) is 16.8 Å². The molecule has 0 aliphatic heterocycles. The molecule has 1 amide bonds. The van der Waals surface area contributed by atoms with Crippen LogP contribution in [0.4, 0.5) is 0 Å². The van der Waals surface area contributed by atoms with Gasteiger partial charge in [0.25, 0.3) is 5.91 Å². The summed E-state index contributed by atoms with van der Waals surface area (Å²) in [7, 11) is -3.45. The van der Waals surface area contributed by atoms with Crippen molar-refractivity contribution in [1.82, 2.24) is 14.6 Å². The smallest absolute Gasteiger partial charge is 0.251 e. The van der Waals surface area contributed by atoms with Crippen LogP contribution in [0.25, 0.3) is 5.69 Å². The molecule has 2 N–H and O–H groups in total. The first-order valence-electron chi connectivity index (χ1n) is 9.14. The Balaban J connectivity index is 1.39. The Bertz CT molecular complexity index is 1070. The molecule has 3 aromatic rings. The molecule has 0 atom stereocenters. The highest BCUT2D eigenvalue weighted by Gasteiger charge is 2.27. The van der Waals surface area contributed by atoms with Crippen LogP contribution < -0.4 is 10.0 Å². The molecule has 0 unspecified atom stereocenters. The van der Waals surface area contributed by atoms with Gasteiger partial charge in [-0.3, -0.25) is 4.79 Å². The zero-order valence-corrected chi connectivity index (χ0v) is 16.0. The summed E-state index contributed by atoms with van der Waals surface area (Å²) >= 11 is 0. The molecule has 0 radical (unpaired) electrons. The highest BCUT2D eigenvalue weighted by Crippen LogP contribution is 2.22. The monoisotopic (exact) mass is 395 g/mol. The summed E-state index contributed by atoms with van der Waals surface area (Å²) in [6.07, 6.45) is 5.64. The topological polar surface area (TPSA) is 80.2 Å². The molecule has 28 heavy (non-hydrogen) atoms. The molecule has 1 aliphatic carbocycles. The SMILES string of the molecule is O=C(NCc1ccc(S(=O)(=O)NC2CC2)cc1)c1cccc(-n2cccc2)c1. The van der Waals surface area contributed by atoms with E-state index in [2.05, 4.69) is 10.0 Å². The van der Waals surface area contributed by atoms with Gasteiger partial charge in [-0.25, -0.2) is 13.1 Å². The summed E-state index contributed by atoms with van der Waals surface area (Å²) in [6, 6.07) is 17.9. The van der Waals surface area contributed by atoms with Crippen LogP contribution in [0, 0.1) is 0 Å². The van der Waals surface area contributed by atoms with E-state index in [0.29, 0.717) is 12.1 Å². The molecule has 1 aliphatic rings. The summed E-state index contributed by atoms with van der Waals surface area (Å²) in [4.78, 5) is 12.7. The minimum Gasteiger partial charge on any atom is -0.348 e. The van der Waals surface area contributed by atoms with Crippen molar-refractivity contribution in [3.05, 3.63) is 84.2 Å². The molecule has 6 nitrogen and oxygen atoms in total. The molecule has 0 spiro atoms. The maximum atomic E-state index is 12.5. The zero-order chi connectivity index (χ0) is 19.6. The van der Waals surface area contributed by atoms with Crippen molar-refractivity contribution >= 4 is 15.9 Å². The molecule has 1 saturated carbocycles. The quantitative estimate of drug-likeness (QED) is 0.646. The van der Waals surface area contributed by atoms with Gasteiger partial charge in [-0.15, -0.1) is 0 Å². The summed E-state index contributed by atoms with van der Waals surface area (Å²) in [6.45, 7) is 0.322. The first-order valence-corrected chi connectivity index (χ1v) is 10.6. The molecule has 1 heterocycles. The van der Waals surface area contributed by atoms with Crippen molar-refractivity contribution in [3.8, 4) is 5.69 Å². The van der Waals surface area contributed by atoms with Gasteiger partial charge in [0.15, 0.2) is 0 Å². The third-order valence-electron chi connectivity index (χ3n) is 4.60. The van der Waals surface area contributed by atoms with Gasteiger partial charge >= 0.3 is 0 Å². The first kappa shape index (κ1) is 18.5.